The highest BCUT2D eigenvalue weighted by molar-refractivity contribution is 5.79. The quantitative estimate of drug-likeness (QED) is 0.408. The molecule has 6 heteroatoms. The van der Waals surface area contributed by atoms with Crippen molar-refractivity contribution in [2.75, 3.05) is 26.8 Å². The average Bonchev–Trinajstić information content (AvgIpc) is 3.10. The molecule has 0 bridgehead atoms. The minimum Gasteiger partial charge on any atom is -0.444 e. The zero-order chi connectivity index (χ0) is 18.8. The molecule has 1 aromatic carbocycles. The van der Waals surface area contributed by atoms with Crippen LogP contribution in [-0.2, 0) is 11.3 Å². The Morgan fingerprint density at radius 2 is 1.96 bits per heavy atom. The van der Waals surface area contributed by atoms with Crippen LogP contribution in [0, 0.1) is 12.8 Å². The van der Waals surface area contributed by atoms with Crippen molar-refractivity contribution in [1.82, 2.24) is 15.6 Å². The molecule has 0 atom stereocenters. The van der Waals surface area contributed by atoms with Crippen LogP contribution < -0.4 is 10.6 Å². The van der Waals surface area contributed by atoms with E-state index in [1.54, 1.807) is 13.3 Å². The first-order valence-electron chi connectivity index (χ1n) is 9.12. The molecular formula is C20H30N4O2. The van der Waals surface area contributed by atoms with Gasteiger partial charge in [-0.05, 0) is 31.4 Å². The van der Waals surface area contributed by atoms with Gasteiger partial charge >= 0.3 is 0 Å². The Kier molecular flexibility index (Phi) is 8.15. The number of aliphatic imine (C=N–C) groups is 1. The minimum absolute atomic E-state index is 0.545. The molecule has 142 valence electrons. The first-order chi connectivity index (χ1) is 12.6. The van der Waals surface area contributed by atoms with Gasteiger partial charge in [-0.25, -0.2) is 4.98 Å². The lowest BCUT2D eigenvalue weighted by Crippen LogP contribution is -2.38. The molecule has 2 aromatic rings. The lowest BCUT2D eigenvalue weighted by molar-refractivity contribution is 0.128. The van der Waals surface area contributed by atoms with Crippen LogP contribution in [0.15, 0.2) is 39.9 Å². The fourth-order valence-electron chi connectivity index (χ4n) is 2.27. The highest BCUT2D eigenvalue weighted by atomic mass is 16.5. The predicted molar refractivity (Wildman–Crippen MR) is 105 cm³/mol. The van der Waals surface area contributed by atoms with Gasteiger partial charge in [0.25, 0.3) is 0 Å². The minimum atomic E-state index is 0.545. The molecule has 1 heterocycles. The third-order valence-corrected chi connectivity index (χ3v) is 3.89. The molecule has 0 unspecified atom stereocenters. The Bertz CT molecular complexity index is 677. The molecule has 0 aliphatic heterocycles. The first kappa shape index (κ1) is 20.0. The van der Waals surface area contributed by atoms with Crippen molar-refractivity contribution in [3.05, 3.63) is 41.8 Å². The molecule has 0 fully saturated rings. The molecule has 26 heavy (non-hydrogen) atoms. The van der Waals surface area contributed by atoms with Crippen molar-refractivity contribution in [3.63, 3.8) is 0 Å². The van der Waals surface area contributed by atoms with Crippen LogP contribution in [-0.4, -0.2) is 37.7 Å². The molecule has 6 nitrogen and oxygen atoms in total. The summed E-state index contributed by atoms with van der Waals surface area (Å²) >= 11 is 0. The number of hydrogen-bond acceptors (Lipinski definition) is 4. The monoisotopic (exact) mass is 358 g/mol. The van der Waals surface area contributed by atoms with Gasteiger partial charge in [-0.15, -0.1) is 0 Å². The van der Waals surface area contributed by atoms with Crippen molar-refractivity contribution in [2.24, 2.45) is 10.9 Å². The van der Waals surface area contributed by atoms with E-state index in [4.69, 9.17) is 9.15 Å². The van der Waals surface area contributed by atoms with Crippen LogP contribution in [0.5, 0.6) is 0 Å². The number of oxazole rings is 1. The van der Waals surface area contributed by atoms with Crippen molar-refractivity contribution in [3.8, 4) is 11.5 Å². The van der Waals surface area contributed by atoms with Crippen LogP contribution in [0.2, 0.25) is 0 Å². The lowest BCUT2D eigenvalue weighted by atomic mass is 10.1. The highest BCUT2D eigenvalue weighted by Crippen LogP contribution is 2.18. The van der Waals surface area contributed by atoms with Gasteiger partial charge in [-0.1, -0.05) is 31.5 Å². The van der Waals surface area contributed by atoms with Crippen LogP contribution in [0.4, 0.5) is 0 Å². The zero-order valence-corrected chi connectivity index (χ0v) is 16.2. The topological polar surface area (TPSA) is 71.7 Å². The van der Waals surface area contributed by atoms with E-state index in [1.807, 2.05) is 24.3 Å². The Morgan fingerprint density at radius 3 is 2.65 bits per heavy atom. The maximum Gasteiger partial charge on any atom is 0.226 e. The van der Waals surface area contributed by atoms with Crippen LogP contribution in [0.3, 0.4) is 0 Å². The SMILES string of the molecule is CN=C(NCCOCCC(C)C)NCc1coc(-c2ccc(C)cc2)n1. The molecule has 0 aliphatic carbocycles. The van der Waals surface area contributed by atoms with Crippen molar-refractivity contribution < 1.29 is 9.15 Å². The summed E-state index contributed by atoms with van der Waals surface area (Å²) < 4.78 is 11.2. The Morgan fingerprint density at radius 1 is 1.19 bits per heavy atom. The number of guanidine groups is 1. The number of benzene rings is 1. The molecule has 2 rings (SSSR count). The number of aromatic nitrogens is 1. The van der Waals surface area contributed by atoms with E-state index >= 15 is 0 Å². The Labute approximate surface area is 156 Å². The molecule has 0 saturated carbocycles. The van der Waals surface area contributed by atoms with Gasteiger partial charge in [0.05, 0.1) is 18.8 Å². The number of nitrogens with one attached hydrogen (secondary N) is 2. The van der Waals surface area contributed by atoms with Crippen molar-refractivity contribution in [1.29, 1.82) is 0 Å². The van der Waals surface area contributed by atoms with E-state index in [0.717, 1.165) is 30.2 Å². The molecule has 2 N–H and O–H groups in total. The van der Waals surface area contributed by atoms with E-state index in [-0.39, 0.29) is 0 Å². The highest BCUT2D eigenvalue weighted by Gasteiger charge is 2.07. The van der Waals surface area contributed by atoms with Crippen LogP contribution in [0.1, 0.15) is 31.5 Å². The fourth-order valence-corrected chi connectivity index (χ4v) is 2.27. The standard InChI is InChI=1S/C20H30N4O2/c1-15(2)9-11-25-12-10-22-20(21-4)23-13-18-14-26-19(24-18)17-7-5-16(3)6-8-17/h5-8,14-15H,9-13H2,1-4H3,(H2,21,22,23). The largest absolute Gasteiger partial charge is 0.444 e. The number of hydrogen-bond donors (Lipinski definition) is 2. The van der Waals surface area contributed by atoms with Crippen LogP contribution >= 0.6 is 0 Å². The molecule has 1 aromatic heterocycles. The normalized spacial score (nSPS) is 11.8. The van der Waals surface area contributed by atoms with Gasteiger partial charge in [-0.3, -0.25) is 4.99 Å². The van der Waals surface area contributed by atoms with Gasteiger partial charge < -0.3 is 19.8 Å². The summed E-state index contributed by atoms with van der Waals surface area (Å²) in [5.74, 6) is 2.02. The maximum absolute atomic E-state index is 5.59. The zero-order valence-electron chi connectivity index (χ0n) is 16.2. The van der Waals surface area contributed by atoms with E-state index in [9.17, 15) is 0 Å². The summed E-state index contributed by atoms with van der Waals surface area (Å²) in [4.78, 5) is 8.72. The van der Waals surface area contributed by atoms with Crippen molar-refractivity contribution in [2.45, 2.75) is 33.7 Å². The Hall–Kier alpha value is -2.34. The van der Waals surface area contributed by atoms with Gasteiger partial charge in [0.2, 0.25) is 5.89 Å². The van der Waals surface area contributed by atoms with Crippen LogP contribution in [0.25, 0.3) is 11.5 Å². The fraction of sp³-hybridized carbons (Fsp3) is 0.500. The number of ether oxygens (including phenoxy) is 1. The molecule has 0 spiro atoms. The van der Waals surface area contributed by atoms with Gasteiger partial charge in [0, 0.05) is 25.8 Å². The number of nitrogens with zero attached hydrogens (tertiary/aromatic N) is 2. The lowest BCUT2D eigenvalue weighted by Gasteiger charge is -2.11. The molecule has 0 aliphatic rings. The summed E-state index contributed by atoms with van der Waals surface area (Å²) in [5.41, 5.74) is 3.02. The van der Waals surface area contributed by atoms with E-state index in [1.165, 1.54) is 5.56 Å². The van der Waals surface area contributed by atoms with Crippen molar-refractivity contribution >= 4 is 5.96 Å². The molecular weight excluding hydrogens is 328 g/mol. The molecule has 0 amide bonds. The summed E-state index contributed by atoms with van der Waals surface area (Å²) in [5, 5.41) is 6.46. The molecule has 0 saturated heterocycles. The van der Waals surface area contributed by atoms with E-state index in [0.29, 0.717) is 31.5 Å². The second-order valence-electron chi connectivity index (χ2n) is 6.66. The second kappa shape index (κ2) is 10.6. The third-order valence-electron chi connectivity index (χ3n) is 3.89. The maximum atomic E-state index is 5.59. The van der Waals surface area contributed by atoms with Gasteiger partial charge in [-0.2, -0.15) is 0 Å². The van der Waals surface area contributed by atoms with Gasteiger partial charge in [0.15, 0.2) is 5.96 Å². The summed E-state index contributed by atoms with van der Waals surface area (Å²) in [6.45, 7) is 9.17. The smallest absolute Gasteiger partial charge is 0.226 e. The van der Waals surface area contributed by atoms with Gasteiger partial charge in [0.1, 0.15) is 6.26 Å². The summed E-state index contributed by atoms with van der Waals surface area (Å²) in [6.07, 6.45) is 2.76. The summed E-state index contributed by atoms with van der Waals surface area (Å²) in [7, 11) is 1.75. The Balaban J connectivity index is 1.72. The van der Waals surface area contributed by atoms with E-state index in [2.05, 4.69) is 41.4 Å². The second-order valence-corrected chi connectivity index (χ2v) is 6.66. The summed E-state index contributed by atoms with van der Waals surface area (Å²) in [6, 6.07) is 8.12. The number of aryl methyl sites for hydroxylation is 1. The predicted octanol–water partition coefficient (Wildman–Crippen LogP) is 3.38. The third kappa shape index (κ3) is 6.88. The molecule has 0 radical (unpaired) electrons. The number of rotatable bonds is 9. The van der Waals surface area contributed by atoms with E-state index < -0.39 is 0 Å². The average molecular weight is 358 g/mol. The first-order valence-corrected chi connectivity index (χ1v) is 9.12.